The summed E-state index contributed by atoms with van der Waals surface area (Å²) in [6.07, 6.45) is 3.85. The molecule has 0 amide bonds. The van der Waals surface area contributed by atoms with Crippen molar-refractivity contribution in [3.8, 4) is 6.07 Å². The quantitative estimate of drug-likeness (QED) is 0.580. The van der Waals surface area contributed by atoms with Gasteiger partial charge in [-0.2, -0.15) is 9.65 Å². The van der Waals surface area contributed by atoms with Crippen molar-refractivity contribution < 1.29 is 4.39 Å². The zero-order valence-electron chi connectivity index (χ0n) is 10.8. The Hall–Kier alpha value is -3.27. The van der Waals surface area contributed by atoms with Crippen molar-refractivity contribution >= 4 is 17.2 Å². The molecule has 21 heavy (non-hydrogen) atoms. The van der Waals surface area contributed by atoms with E-state index in [4.69, 9.17) is 22.1 Å². The van der Waals surface area contributed by atoms with Gasteiger partial charge in [-0.15, -0.1) is 0 Å². The van der Waals surface area contributed by atoms with Crippen LogP contribution in [0.2, 0.25) is 0 Å². The fraction of sp³-hybridized carbons (Fsp3) is 0. The van der Waals surface area contributed by atoms with Crippen LogP contribution in [0, 0.1) is 22.7 Å². The third kappa shape index (κ3) is 3.01. The number of aromatic nitrogens is 2. The Bertz CT molecular complexity index is 775. The molecule has 0 aliphatic carbocycles. The van der Waals surface area contributed by atoms with Gasteiger partial charge in [-0.3, -0.25) is 0 Å². The Labute approximate surface area is 120 Å². The normalized spacial score (nSPS) is 11.0. The van der Waals surface area contributed by atoms with E-state index in [2.05, 4.69) is 9.97 Å². The highest BCUT2D eigenvalue weighted by Crippen LogP contribution is 2.15. The van der Waals surface area contributed by atoms with Gasteiger partial charge >= 0.3 is 0 Å². The maximum atomic E-state index is 13.5. The van der Waals surface area contributed by atoms with Crippen LogP contribution in [-0.2, 0) is 0 Å². The molecule has 0 saturated heterocycles. The SMILES string of the molecule is N#Cc1cc(N)ncc1C(=N)/C=C(\N)c1cccnc1F. The van der Waals surface area contributed by atoms with Crippen LogP contribution in [0.3, 0.4) is 0 Å². The summed E-state index contributed by atoms with van der Waals surface area (Å²) >= 11 is 0. The zero-order chi connectivity index (χ0) is 15.4. The summed E-state index contributed by atoms with van der Waals surface area (Å²) in [6.45, 7) is 0. The molecule has 0 radical (unpaired) electrons. The number of anilines is 1. The van der Waals surface area contributed by atoms with Gasteiger partial charge in [0.2, 0.25) is 5.95 Å². The molecule has 0 fully saturated rings. The van der Waals surface area contributed by atoms with Crippen molar-refractivity contribution in [2.24, 2.45) is 5.73 Å². The molecule has 0 aliphatic heterocycles. The van der Waals surface area contributed by atoms with Crippen LogP contribution in [0.5, 0.6) is 0 Å². The maximum Gasteiger partial charge on any atom is 0.222 e. The Morgan fingerprint density at radius 2 is 2.14 bits per heavy atom. The number of allylic oxidation sites excluding steroid dienone is 1. The van der Waals surface area contributed by atoms with Gasteiger partial charge in [0, 0.05) is 23.7 Å². The molecule has 7 heteroatoms. The Kier molecular flexibility index (Phi) is 3.90. The Morgan fingerprint density at radius 3 is 2.81 bits per heavy atom. The minimum absolute atomic E-state index is 0.0336. The molecule has 0 aromatic carbocycles. The summed E-state index contributed by atoms with van der Waals surface area (Å²) < 4.78 is 13.5. The summed E-state index contributed by atoms with van der Waals surface area (Å²) in [5.74, 6) is -0.548. The van der Waals surface area contributed by atoms with Crippen LogP contribution in [0.4, 0.5) is 10.2 Å². The number of nitrogens with two attached hydrogens (primary N) is 2. The molecule has 0 unspecified atom stereocenters. The summed E-state index contributed by atoms with van der Waals surface area (Å²) in [7, 11) is 0. The molecule has 2 heterocycles. The van der Waals surface area contributed by atoms with Crippen LogP contribution in [0.25, 0.3) is 5.70 Å². The number of nitrogens with one attached hydrogen (secondary N) is 1. The lowest BCUT2D eigenvalue weighted by atomic mass is 10.0. The average Bonchev–Trinajstić information content (AvgIpc) is 2.47. The highest BCUT2D eigenvalue weighted by molar-refractivity contribution is 6.11. The molecular formula is C14H11FN6. The fourth-order valence-electron chi connectivity index (χ4n) is 1.69. The number of nitriles is 1. The van der Waals surface area contributed by atoms with Crippen LogP contribution >= 0.6 is 0 Å². The van der Waals surface area contributed by atoms with E-state index < -0.39 is 5.95 Å². The van der Waals surface area contributed by atoms with Crippen molar-refractivity contribution in [2.45, 2.75) is 0 Å². The second kappa shape index (κ2) is 5.79. The van der Waals surface area contributed by atoms with Crippen molar-refractivity contribution in [3.05, 3.63) is 59.3 Å². The largest absolute Gasteiger partial charge is 0.398 e. The van der Waals surface area contributed by atoms with Gasteiger partial charge in [0.1, 0.15) is 11.9 Å². The summed E-state index contributed by atoms with van der Waals surface area (Å²) in [5, 5.41) is 17.0. The highest BCUT2D eigenvalue weighted by atomic mass is 19.1. The van der Waals surface area contributed by atoms with E-state index in [0.29, 0.717) is 0 Å². The van der Waals surface area contributed by atoms with Crippen LogP contribution in [0.1, 0.15) is 16.7 Å². The molecule has 2 aromatic rings. The van der Waals surface area contributed by atoms with Crippen molar-refractivity contribution in [1.82, 2.24) is 9.97 Å². The number of rotatable bonds is 3. The minimum Gasteiger partial charge on any atom is -0.398 e. The molecule has 104 valence electrons. The smallest absolute Gasteiger partial charge is 0.222 e. The van der Waals surface area contributed by atoms with E-state index in [1.54, 1.807) is 0 Å². The van der Waals surface area contributed by atoms with E-state index >= 15 is 0 Å². The van der Waals surface area contributed by atoms with Gasteiger partial charge in [-0.05, 0) is 24.3 Å². The number of halogens is 1. The van der Waals surface area contributed by atoms with Crippen LogP contribution in [0.15, 0.2) is 36.7 Å². The third-order valence-corrected chi connectivity index (χ3v) is 2.71. The molecule has 2 aromatic heterocycles. The van der Waals surface area contributed by atoms with Crippen molar-refractivity contribution in [2.75, 3.05) is 5.73 Å². The predicted octanol–water partition coefficient (Wildman–Crippen LogP) is 1.44. The molecule has 0 saturated carbocycles. The third-order valence-electron chi connectivity index (χ3n) is 2.71. The van der Waals surface area contributed by atoms with E-state index in [0.717, 1.165) is 0 Å². The first-order chi connectivity index (χ1) is 10.0. The summed E-state index contributed by atoms with van der Waals surface area (Å²) in [5.41, 5.74) is 11.8. The van der Waals surface area contributed by atoms with Gasteiger partial charge in [-0.1, -0.05) is 0 Å². The Morgan fingerprint density at radius 1 is 1.38 bits per heavy atom. The average molecular weight is 282 g/mol. The molecule has 0 aliphatic rings. The van der Waals surface area contributed by atoms with Crippen molar-refractivity contribution in [1.29, 1.82) is 10.7 Å². The molecule has 0 spiro atoms. The number of hydrogen-bond acceptors (Lipinski definition) is 6. The van der Waals surface area contributed by atoms with E-state index in [9.17, 15) is 4.39 Å². The molecule has 0 atom stereocenters. The topological polar surface area (TPSA) is 125 Å². The fourth-order valence-corrected chi connectivity index (χ4v) is 1.69. The van der Waals surface area contributed by atoms with Crippen LogP contribution < -0.4 is 11.5 Å². The lowest BCUT2D eigenvalue weighted by molar-refractivity contribution is 0.579. The van der Waals surface area contributed by atoms with E-state index in [-0.39, 0.29) is 33.9 Å². The van der Waals surface area contributed by atoms with E-state index in [1.807, 2.05) is 6.07 Å². The van der Waals surface area contributed by atoms with Gasteiger partial charge in [0.25, 0.3) is 0 Å². The van der Waals surface area contributed by atoms with Gasteiger partial charge in [-0.25, -0.2) is 9.97 Å². The standard InChI is InChI=1S/C14H11FN6/c15-14-9(2-1-3-20-14)11(17)5-12(18)10-7-21-13(19)4-8(10)6-16/h1-5,7,18H,17H2,(H2,19,21)/b11-5-,18-12?. The molecule has 6 nitrogen and oxygen atoms in total. The number of nitrogen functional groups attached to an aromatic ring is 1. The second-order valence-corrected chi connectivity index (χ2v) is 4.12. The highest BCUT2D eigenvalue weighted by Gasteiger charge is 2.10. The maximum absolute atomic E-state index is 13.5. The molecule has 2 rings (SSSR count). The van der Waals surface area contributed by atoms with E-state index in [1.165, 1.54) is 36.7 Å². The Balaban J connectivity index is 2.40. The van der Waals surface area contributed by atoms with Crippen molar-refractivity contribution in [3.63, 3.8) is 0 Å². The zero-order valence-corrected chi connectivity index (χ0v) is 10.8. The number of hydrogen-bond donors (Lipinski definition) is 3. The molecule has 0 bridgehead atoms. The molecule has 5 N–H and O–H groups in total. The van der Waals surface area contributed by atoms with Gasteiger partial charge in [0.15, 0.2) is 0 Å². The first-order valence-corrected chi connectivity index (χ1v) is 5.85. The number of pyridine rings is 2. The lowest BCUT2D eigenvalue weighted by Crippen LogP contribution is -2.07. The number of nitrogens with zero attached hydrogens (tertiary/aromatic N) is 3. The molecular weight excluding hydrogens is 271 g/mol. The summed E-state index contributed by atoms with van der Waals surface area (Å²) in [6, 6.07) is 6.27. The second-order valence-electron chi connectivity index (χ2n) is 4.12. The first kappa shape index (κ1) is 14.1. The summed E-state index contributed by atoms with van der Waals surface area (Å²) in [4.78, 5) is 7.32. The van der Waals surface area contributed by atoms with Crippen LogP contribution in [-0.4, -0.2) is 15.7 Å². The van der Waals surface area contributed by atoms with Gasteiger partial charge < -0.3 is 16.9 Å². The monoisotopic (exact) mass is 282 g/mol. The predicted molar refractivity (Wildman–Crippen MR) is 76.6 cm³/mol. The lowest BCUT2D eigenvalue weighted by Gasteiger charge is -2.05. The minimum atomic E-state index is -0.727. The van der Waals surface area contributed by atoms with Gasteiger partial charge in [0.05, 0.1) is 16.8 Å². The first-order valence-electron chi connectivity index (χ1n) is 5.85.